The molecule has 8 nitrogen and oxygen atoms in total. The number of rotatable bonds is 8. The molecule has 1 atom stereocenters. The number of nitrogens with one attached hydrogen (secondary N) is 1. The fraction of sp³-hybridized carbons (Fsp3) is 0.423. The van der Waals surface area contributed by atoms with Gasteiger partial charge in [-0.3, -0.25) is 9.69 Å². The van der Waals surface area contributed by atoms with E-state index in [9.17, 15) is 4.79 Å². The lowest BCUT2D eigenvalue weighted by Gasteiger charge is -2.30. The molecule has 1 fully saturated rings. The Balaban J connectivity index is 1.36. The summed E-state index contributed by atoms with van der Waals surface area (Å²) in [6.45, 7) is 6.37. The molecule has 1 aromatic heterocycles. The Hall–Kier alpha value is -3.39. The SMILES string of the molecule is COc1ccc(-c2noc(CN3CCCC(C(=O)Nc4ccc(C(C)C)cc4)C3)n2)cc1OC. The largest absolute Gasteiger partial charge is 0.493 e. The zero-order valence-electron chi connectivity index (χ0n) is 20.2. The Morgan fingerprint density at radius 3 is 2.62 bits per heavy atom. The molecule has 0 radical (unpaired) electrons. The summed E-state index contributed by atoms with van der Waals surface area (Å²) in [6.07, 6.45) is 1.81. The Kier molecular flexibility index (Phi) is 7.47. The molecule has 0 saturated carbocycles. The number of benzene rings is 2. The van der Waals surface area contributed by atoms with Gasteiger partial charge in [-0.15, -0.1) is 0 Å². The molecular formula is C26H32N4O4. The number of ether oxygens (including phenoxy) is 2. The number of nitrogens with zero attached hydrogens (tertiary/aromatic N) is 3. The molecule has 1 aliphatic heterocycles. The second-order valence-electron chi connectivity index (χ2n) is 8.92. The highest BCUT2D eigenvalue weighted by Crippen LogP contribution is 2.31. The monoisotopic (exact) mass is 464 g/mol. The summed E-state index contributed by atoms with van der Waals surface area (Å²) in [5, 5.41) is 7.19. The number of aromatic nitrogens is 2. The summed E-state index contributed by atoms with van der Waals surface area (Å²) >= 11 is 0. The van der Waals surface area contributed by atoms with Gasteiger partial charge in [-0.05, 0) is 61.2 Å². The van der Waals surface area contributed by atoms with Gasteiger partial charge in [0.2, 0.25) is 17.6 Å². The summed E-state index contributed by atoms with van der Waals surface area (Å²) < 4.78 is 16.1. The average molecular weight is 465 g/mol. The van der Waals surface area contributed by atoms with Crippen LogP contribution in [0.5, 0.6) is 11.5 Å². The van der Waals surface area contributed by atoms with Crippen molar-refractivity contribution in [1.29, 1.82) is 0 Å². The number of amides is 1. The molecule has 1 saturated heterocycles. The third-order valence-electron chi connectivity index (χ3n) is 6.19. The van der Waals surface area contributed by atoms with E-state index in [0.29, 0.717) is 42.2 Å². The lowest BCUT2D eigenvalue weighted by Crippen LogP contribution is -2.40. The van der Waals surface area contributed by atoms with E-state index in [-0.39, 0.29) is 11.8 Å². The van der Waals surface area contributed by atoms with Crippen LogP contribution in [0.25, 0.3) is 11.4 Å². The number of hydrogen-bond acceptors (Lipinski definition) is 7. The van der Waals surface area contributed by atoms with Crippen molar-refractivity contribution < 1.29 is 18.8 Å². The van der Waals surface area contributed by atoms with E-state index in [1.54, 1.807) is 14.2 Å². The highest BCUT2D eigenvalue weighted by molar-refractivity contribution is 5.92. The number of carbonyl (C=O) groups excluding carboxylic acids is 1. The Morgan fingerprint density at radius 1 is 1.15 bits per heavy atom. The number of methoxy groups -OCH3 is 2. The minimum atomic E-state index is -0.0771. The maximum Gasteiger partial charge on any atom is 0.241 e. The van der Waals surface area contributed by atoms with Crippen molar-refractivity contribution in [3.63, 3.8) is 0 Å². The topological polar surface area (TPSA) is 89.7 Å². The van der Waals surface area contributed by atoms with Crippen molar-refractivity contribution >= 4 is 11.6 Å². The zero-order chi connectivity index (χ0) is 24.1. The molecule has 1 aliphatic rings. The maximum absolute atomic E-state index is 12.9. The molecule has 1 N–H and O–H groups in total. The van der Waals surface area contributed by atoms with Crippen molar-refractivity contribution in [2.45, 2.75) is 39.2 Å². The van der Waals surface area contributed by atoms with Crippen LogP contribution >= 0.6 is 0 Å². The van der Waals surface area contributed by atoms with Crippen LogP contribution in [0, 0.1) is 5.92 Å². The molecule has 1 amide bonds. The van der Waals surface area contributed by atoms with Gasteiger partial charge in [-0.2, -0.15) is 4.98 Å². The van der Waals surface area contributed by atoms with Crippen molar-refractivity contribution in [2.24, 2.45) is 5.92 Å². The molecule has 0 aliphatic carbocycles. The predicted octanol–water partition coefficient (Wildman–Crippen LogP) is 4.73. The lowest BCUT2D eigenvalue weighted by atomic mass is 9.97. The molecule has 0 spiro atoms. The van der Waals surface area contributed by atoms with E-state index < -0.39 is 0 Å². The maximum atomic E-state index is 12.9. The first-order valence-electron chi connectivity index (χ1n) is 11.6. The van der Waals surface area contributed by atoms with Crippen LogP contribution in [-0.4, -0.2) is 48.3 Å². The van der Waals surface area contributed by atoms with Crippen LogP contribution in [0.2, 0.25) is 0 Å². The van der Waals surface area contributed by atoms with Gasteiger partial charge in [-0.1, -0.05) is 31.1 Å². The van der Waals surface area contributed by atoms with Crippen molar-refractivity contribution in [3.8, 4) is 22.9 Å². The molecule has 34 heavy (non-hydrogen) atoms. The smallest absolute Gasteiger partial charge is 0.241 e. The predicted molar refractivity (Wildman–Crippen MR) is 130 cm³/mol. The van der Waals surface area contributed by atoms with Crippen LogP contribution < -0.4 is 14.8 Å². The van der Waals surface area contributed by atoms with Crippen molar-refractivity contribution in [1.82, 2.24) is 15.0 Å². The third kappa shape index (κ3) is 5.56. The van der Waals surface area contributed by atoms with E-state index >= 15 is 0 Å². The van der Waals surface area contributed by atoms with Gasteiger partial charge in [0.15, 0.2) is 11.5 Å². The summed E-state index contributed by atoms with van der Waals surface area (Å²) in [7, 11) is 3.19. The number of carbonyl (C=O) groups is 1. The summed E-state index contributed by atoms with van der Waals surface area (Å²) in [6, 6.07) is 13.6. The van der Waals surface area contributed by atoms with Gasteiger partial charge in [0.25, 0.3) is 0 Å². The summed E-state index contributed by atoms with van der Waals surface area (Å²) in [5.41, 5.74) is 2.88. The summed E-state index contributed by atoms with van der Waals surface area (Å²) in [4.78, 5) is 19.6. The van der Waals surface area contributed by atoms with E-state index in [2.05, 4.69) is 46.3 Å². The van der Waals surface area contributed by atoms with Crippen molar-refractivity contribution in [2.75, 3.05) is 32.6 Å². The van der Waals surface area contributed by atoms with E-state index in [1.165, 1.54) is 5.56 Å². The first kappa shape index (κ1) is 23.8. The van der Waals surface area contributed by atoms with Crippen molar-refractivity contribution in [3.05, 3.63) is 53.9 Å². The van der Waals surface area contributed by atoms with Gasteiger partial charge in [0, 0.05) is 17.8 Å². The van der Waals surface area contributed by atoms with E-state index in [4.69, 9.17) is 14.0 Å². The second kappa shape index (κ2) is 10.7. The standard InChI is InChI=1S/C26H32N4O4/c1-17(2)18-7-10-21(11-8-18)27-26(31)20-6-5-13-30(15-20)16-24-28-25(29-34-24)19-9-12-22(32-3)23(14-19)33-4/h7-12,14,17,20H,5-6,13,15-16H2,1-4H3,(H,27,31). The fourth-order valence-electron chi connectivity index (χ4n) is 4.21. The number of likely N-dealkylation sites (tertiary alicyclic amines) is 1. The fourth-order valence-corrected chi connectivity index (χ4v) is 4.21. The second-order valence-corrected chi connectivity index (χ2v) is 8.92. The normalized spacial score (nSPS) is 16.4. The molecule has 8 heteroatoms. The van der Waals surface area contributed by atoms with Gasteiger partial charge in [0.1, 0.15) is 0 Å². The molecular weight excluding hydrogens is 432 g/mol. The molecule has 1 unspecified atom stereocenters. The van der Waals surface area contributed by atoms with E-state index in [1.807, 2.05) is 30.3 Å². The number of anilines is 1. The van der Waals surface area contributed by atoms with Crippen LogP contribution in [0.15, 0.2) is 47.0 Å². The average Bonchev–Trinajstić information content (AvgIpc) is 3.32. The molecule has 180 valence electrons. The van der Waals surface area contributed by atoms with Gasteiger partial charge in [-0.25, -0.2) is 0 Å². The lowest BCUT2D eigenvalue weighted by molar-refractivity contribution is -0.121. The van der Waals surface area contributed by atoms with Crippen LogP contribution in [0.4, 0.5) is 5.69 Å². The van der Waals surface area contributed by atoms with Gasteiger partial charge in [0.05, 0.1) is 26.7 Å². The highest BCUT2D eigenvalue weighted by atomic mass is 16.5. The van der Waals surface area contributed by atoms with E-state index in [0.717, 1.165) is 30.6 Å². The van der Waals surface area contributed by atoms with Crippen LogP contribution in [0.3, 0.4) is 0 Å². The minimum absolute atomic E-state index is 0.0542. The number of piperidine rings is 1. The molecule has 4 rings (SSSR count). The minimum Gasteiger partial charge on any atom is -0.493 e. The summed E-state index contributed by atoms with van der Waals surface area (Å²) in [5.74, 6) is 2.71. The molecule has 3 aromatic rings. The van der Waals surface area contributed by atoms with Gasteiger partial charge < -0.3 is 19.3 Å². The van der Waals surface area contributed by atoms with Crippen LogP contribution in [0.1, 0.15) is 44.1 Å². The molecule has 2 heterocycles. The third-order valence-corrected chi connectivity index (χ3v) is 6.19. The Morgan fingerprint density at radius 2 is 1.91 bits per heavy atom. The molecule has 0 bridgehead atoms. The van der Waals surface area contributed by atoms with Gasteiger partial charge >= 0.3 is 0 Å². The highest BCUT2D eigenvalue weighted by Gasteiger charge is 2.27. The first-order chi connectivity index (χ1) is 16.5. The Labute approximate surface area is 200 Å². The van der Waals surface area contributed by atoms with Crippen LogP contribution in [-0.2, 0) is 11.3 Å². The number of hydrogen-bond donors (Lipinski definition) is 1. The zero-order valence-corrected chi connectivity index (χ0v) is 20.2. The first-order valence-corrected chi connectivity index (χ1v) is 11.6. The Bertz CT molecular complexity index is 1110. The quantitative estimate of drug-likeness (QED) is 0.515. The molecule has 2 aromatic carbocycles.